The van der Waals surface area contributed by atoms with Crippen LogP contribution in [0.4, 0.5) is 0 Å². The second kappa shape index (κ2) is 6.73. The quantitative estimate of drug-likeness (QED) is 0.849. The van der Waals surface area contributed by atoms with Gasteiger partial charge in [0.05, 0.1) is 19.8 Å². The van der Waals surface area contributed by atoms with Crippen LogP contribution in [0.3, 0.4) is 0 Å². The Morgan fingerprint density at radius 2 is 2.39 bits per heavy atom. The minimum atomic E-state index is 0.300. The van der Waals surface area contributed by atoms with Crippen LogP contribution < -0.4 is 10.1 Å². The standard InChI is InChI=1S/C14H22N2O2/c1-16-6-7-18-14(11-16)10-15-9-12-4-3-5-13(8-12)17-2/h3-5,8,14-15H,6-7,9-11H2,1-2H3. The number of ether oxygens (including phenoxy) is 2. The molecule has 0 radical (unpaired) electrons. The van der Waals surface area contributed by atoms with Crippen LogP contribution >= 0.6 is 0 Å². The van der Waals surface area contributed by atoms with E-state index in [9.17, 15) is 0 Å². The van der Waals surface area contributed by atoms with E-state index in [4.69, 9.17) is 9.47 Å². The number of rotatable bonds is 5. The molecule has 1 N–H and O–H groups in total. The normalized spacial score (nSPS) is 20.9. The van der Waals surface area contributed by atoms with Crippen molar-refractivity contribution in [3.63, 3.8) is 0 Å². The SMILES string of the molecule is COc1cccc(CNCC2CN(C)CCO2)c1. The van der Waals surface area contributed by atoms with Crippen LogP contribution in [0.15, 0.2) is 24.3 Å². The Balaban J connectivity index is 1.74. The highest BCUT2D eigenvalue weighted by molar-refractivity contribution is 5.28. The summed E-state index contributed by atoms with van der Waals surface area (Å²) in [7, 11) is 3.83. The summed E-state index contributed by atoms with van der Waals surface area (Å²) >= 11 is 0. The summed E-state index contributed by atoms with van der Waals surface area (Å²) in [6.07, 6.45) is 0.300. The highest BCUT2D eigenvalue weighted by Crippen LogP contribution is 2.12. The van der Waals surface area contributed by atoms with Gasteiger partial charge in [0.1, 0.15) is 5.75 Å². The van der Waals surface area contributed by atoms with Crippen LogP contribution in [0.5, 0.6) is 5.75 Å². The Morgan fingerprint density at radius 1 is 1.50 bits per heavy atom. The molecule has 1 heterocycles. The van der Waals surface area contributed by atoms with Crippen LogP contribution in [-0.4, -0.2) is 51.4 Å². The van der Waals surface area contributed by atoms with Gasteiger partial charge >= 0.3 is 0 Å². The molecular weight excluding hydrogens is 228 g/mol. The fraction of sp³-hybridized carbons (Fsp3) is 0.571. The third kappa shape index (κ3) is 3.98. The molecule has 2 rings (SSSR count). The second-order valence-electron chi connectivity index (χ2n) is 4.74. The van der Waals surface area contributed by atoms with E-state index in [1.165, 1.54) is 5.56 Å². The minimum Gasteiger partial charge on any atom is -0.497 e. The average Bonchev–Trinajstić information content (AvgIpc) is 2.39. The largest absolute Gasteiger partial charge is 0.497 e. The molecule has 1 aliphatic rings. The lowest BCUT2D eigenvalue weighted by atomic mass is 10.2. The molecule has 1 aliphatic heterocycles. The lowest BCUT2D eigenvalue weighted by molar-refractivity contribution is -0.0182. The highest BCUT2D eigenvalue weighted by atomic mass is 16.5. The second-order valence-corrected chi connectivity index (χ2v) is 4.74. The Hall–Kier alpha value is -1.10. The fourth-order valence-electron chi connectivity index (χ4n) is 2.15. The Bertz CT molecular complexity index is 371. The van der Waals surface area contributed by atoms with E-state index >= 15 is 0 Å². The zero-order valence-electron chi connectivity index (χ0n) is 11.2. The third-order valence-corrected chi connectivity index (χ3v) is 3.18. The molecule has 1 aromatic carbocycles. The summed E-state index contributed by atoms with van der Waals surface area (Å²) in [6.45, 7) is 4.61. The maximum atomic E-state index is 5.70. The summed E-state index contributed by atoms with van der Waals surface area (Å²) in [5.41, 5.74) is 1.23. The number of hydrogen-bond donors (Lipinski definition) is 1. The first-order valence-corrected chi connectivity index (χ1v) is 6.41. The number of benzene rings is 1. The topological polar surface area (TPSA) is 33.7 Å². The first kappa shape index (κ1) is 13.3. The number of nitrogens with one attached hydrogen (secondary N) is 1. The van der Waals surface area contributed by atoms with E-state index in [1.54, 1.807) is 7.11 Å². The van der Waals surface area contributed by atoms with Crippen molar-refractivity contribution in [2.24, 2.45) is 0 Å². The van der Waals surface area contributed by atoms with Crippen molar-refractivity contribution in [3.8, 4) is 5.75 Å². The van der Waals surface area contributed by atoms with E-state index in [0.717, 1.165) is 38.5 Å². The van der Waals surface area contributed by atoms with Gasteiger partial charge in [-0.2, -0.15) is 0 Å². The summed E-state index contributed by atoms with van der Waals surface area (Å²) in [6, 6.07) is 8.13. The van der Waals surface area contributed by atoms with E-state index in [0.29, 0.717) is 6.10 Å². The Kier molecular flexibility index (Phi) is 4.99. The number of methoxy groups -OCH3 is 1. The molecular formula is C14H22N2O2. The van der Waals surface area contributed by atoms with E-state index < -0.39 is 0 Å². The fourth-order valence-corrected chi connectivity index (χ4v) is 2.15. The van der Waals surface area contributed by atoms with Crippen molar-refractivity contribution in [1.29, 1.82) is 0 Å². The molecule has 18 heavy (non-hydrogen) atoms. The van der Waals surface area contributed by atoms with Crippen molar-refractivity contribution in [2.45, 2.75) is 12.6 Å². The Morgan fingerprint density at radius 3 is 3.17 bits per heavy atom. The molecule has 4 heteroatoms. The summed E-state index contributed by atoms with van der Waals surface area (Å²) in [4.78, 5) is 2.31. The molecule has 100 valence electrons. The monoisotopic (exact) mass is 250 g/mol. The van der Waals surface area contributed by atoms with E-state index in [1.807, 2.05) is 12.1 Å². The van der Waals surface area contributed by atoms with E-state index in [2.05, 4.69) is 29.4 Å². The van der Waals surface area contributed by atoms with Gasteiger partial charge in [0.15, 0.2) is 0 Å². The van der Waals surface area contributed by atoms with Gasteiger partial charge in [-0.3, -0.25) is 0 Å². The van der Waals surface area contributed by atoms with Crippen LogP contribution in [0.1, 0.15) is 5.56 Å². The van der Waals surface area contributed by atoms with Crippen LogP contribution in [0, 0.1) is 0 Å². The predicted molar refractivity (Wildman–Crippen MR) is 71.9 cm³/mol. The van der Waals surface area contributed by atoms with Gasteiger partial charge in [-0.25, -0.2) is 0 Å². The lowest BCUT2D eigenvalue weighted by Crippen LogP contribution is -2.44. The van der Waals surface area contributed by atoms with Gasteiger partial charge in [-0.15, -0.1) is 0 Å². The summed E-state index contributed by atoms with van der Waals surface area (Å²) in [5, 5.41) is 3.44. The Labute approximate surface area is 109 Å². The molecule has 4 nitrogen and oxygen atoms in total. The van der Waals surface area contributed by atoms with Crippen molar-refractivity contribution < 1.29 is 9.47 Å². The van der Waals surface area contributed by atoms with Crippen LogP contribution in [-0.2, 0) is 11.3 Å². The maximum absolute atomic E-state index is 5.70. The summed E-state index contributed by atoms with van der Waals surface area (Å²) in [5.74, 6) is 0.906. The molecule has 0 saturated carbocycles. The average molecular weight is 250 g/mol. The molecule has 1 fully saturated rings. The van der Waals surface area contributed by atoms with Crippen LogP contribution in [0.25, 0.3) is 0 Å². The molecule has 1 atom stereocenters. The van der Waals surface area contributed by atoms with Gasteiger partial charge in [-0.1, -0.05) is 12.1 Å². The van der Waals surface area contributed by atoms with Crippen molar-refractivity contribution in [1.82, 2.24) is 10.2 Å². The van der Waals surface area contributed by atoms with Crippen molar-refractivity contribution in [2.75, 3.05) is 40.4 Å². The zero-order valence-corrected chi connectivity index (χ0v) is 11.2. The van der Waals surface area contributed by atoms with Gasteiger partial charge in [0, 0.05) is 26.2 Å². The summed E-state index contributed by atoms with van der Waals surface area (Å²) < 4.78 is 10.9. The molecule has 1 saturated heterocycles. The molecule has 1 aromatic rings. The zero-order chi connectivity index (χ0) is 12.8. The molecule has 0 spiro atoms. The maximum Gasteiger partial charge on any atom is 0.119 e. The first-order chi connectivity index (χ1) is 8.78. The molecule has 1 unspecified atom stereocenters. The number of nitrogens with zero attached hydrogens (tertiary/aromatic N) is 1. The first-order valence-electron chi connectivity index (χ1n) is 6.41. The number of morpholine rings is 1. The number of likely N-dealkylation sites (N-methyl/N-ethyl adjacent to an activating group) is 1. The third-order valence-electron chi connectivity index (χ3n) is 3.18. The molecule has 0 amide bonds. The molecule has 0 bridgehead atoms. The van der Waals surface area contributed by atoms with Crippen molar-refractivity contribution >= 4 is 0 Å². The van der Waals surface area contributed by atoms with Crippen LogP contribution in [0.2, 0.25) is 0 Å². The van der Waals surface area contributed by atoms with Gasteiger partial charge < -0.3 is 19.7 Å². The number of hydrogen-bond acceptors (Lipinski definition) is 4. The van der Waals surface area contributed by atoms with Gasteiger partial charge in [0.25, 0.3) is 0 Å². The smallest absolute Gasteiger partial charge is 0.119 e. The lowest BCUT2D eigenvalue weighted by Gasteiger charge is -2.30. The minimum absolute atomic E-state index is 0.300. The molecule has 0 aliphatic carbocycles. The van der Waals surface area contributed by atoms with Gasteiger partial charge in [0.2, 0.25) is 0 Å². The predicted octanol–water partition coefficient (Wildman–Crippen LogP) is 1.12. The van der Waals surface area contributed by atoms with Crippen molar-refractivity contribution in [3.05, 3.63) is 29.8 Å². The highest BCUT2D eigenvalue weighted by Gasteiger charge is 2.16. The van der Waals surface area contributed by atoms with E-state index in [-0.39, 0.29) is 0 Å². The molecule has 0 aromatic heterocycles. The van der Waals surface area contributed by atoms with Gasteiger partial charge in [-0.05, 0) is 24.7 Å².